The molecule has 4 nitrogen and oxygen atoms in total. The van der Waals surface area contributed by atoms with Gasteiger partial charge in [0, 0.05) is 45.6 Å². The minimum absolute atomic E-state index is 0.0548. The Morgan fingerprint density at radius 3 is 2.65 bits per heavy atom. The van der Waals surface area contributed by atoms with Crippen LogP contribution in [-0.4, -0.2) is 34.6 Å². The molecule has 17 heavy (non-hydrogen) atoms. The summed E-state index contributed by atoms with van der Waals surface area (Å²) in [6.07, 6.45) is 0. The number of rotatable bonds is 2. The second-order valence-electron chi connectivity index (χ2n) is 3.88. The van der Waals surface area contributed by atoms with E-state index in [1.165, 1.54) is 0 Å². The number of nitrogen functional groups attached to an aromatic ring is 1. The van der Waals surface area contributed by atoms with E-state index in [1.807, 2.05) is 18.2 Å². The molecule has 1 saturated heterocycles. The van der Waals surface area contributed by atoms with E-state index in [0.717, 1.165) is 28.8 Å². The van der Waals surface area contributed by atoms with Crippen LogP contribution in [0.4, 0.5) is 5.69 Å². The van der Waals surface area contributed by atoms with E-state index < -0.39 is 10.8 Å². The first kappa shape index (κ1) is 12.6. The molecule has 0 aliphatic carbocycles. The van der Waals surface area contributed by atoms with Crippen molar-refractivity contribution in [2.24, 2.45) is 5.73 Å². The lowest BCUT2D eigenvalue weighted by Gasteiger charge is -2.30. The molecule has 0 radical (unpaired) electrons. The molecule has 1 aliphatic rings. The molecule has 0 bridgehead atoms. The van der Waals surface area contributed by atoms with Crippen LogP contribution in [0.2, 0.25) is 0 Å². The van der Waals surface area contributed by atoms with Crippen molar-refractivity contribution in [2.75, 3.05) is 29.5 Å². The molecule has 0 spiro atoms. The molecule has 1 heterocycles. The van der Waals surface area contributed by atoms with Gasteiger partial charge in [0.1, 0.15) is 5.84 Å². The molecular weight excluding hydrogens is 302 g/mol. The summed E-state index contributed by atoms with van der Waals surface area (Å²) in [6.45, 7) is 1.51. The SMILES string of the molecule is N=C(N)c1c(Br)cccc1N1CCS(=O)CC1. The van der Waals surface area contributed by atoms with E-state index in [0.29, 0.717) is 11.5 Å². The van der Waals surface area contributed by atoms with Gasteiger partial charge in [-0.1, -0.05) is 6.07 Å². The highest BCUT2D eigenvalue weighted by Crippen LogP contribution is 2.28. The summed E-state index contributed by atoms with van der Waals surface area (Å²) in [5, 5.41) is 7.64. The lowest BCUT2D eigenvalue weighted by Crippen LogP contribution is -2.38. The Bertz CT molecular complexity index is 468. The van der Waals surface area contributed by atoms with Crippen molar-refractivity contribution in [1.29, 1.82) is 5.41 Å². The first-order valence-corrected chi connectivity index (χ1v) is 7.60. The molecule has 0 amide bonds. The Balaban J connectivity index is 2.35. The highest BCUT2D eigenvalue weighted by molar-refractivity contribution is 9.10. The Labute approximate surface area is 111 Å². The van der Waals surface area contributed by atoms with Crippen LogP contribution in [0.25, 0.3) is 0 Å². The van der Waals surface area contributed by atoms with E-state index in [4.69, 9.17) is 11.1 Å². The van der Waals surface area contributed by atoms with Gasteiger partial charge in [0.05, 0.1) is 5.56 Å². The summed E-state index contributed by atoms with van der Waals surface area (Å²) in [6, 6.07) is 5.76. The molecule has 1 aromatic carbocycles. The van der Waals surface area contributed by atoms with Gasteiger partial charge in [0.15, 0.2) is 0 Å². The Hall–Kier alpha value is -0.880. The smallest absolute Gasteiger partial charge is 0.126 e. The quantitative estimate of drug-likeness (QED) is 0.638. The molecule has 2 rings (SSSR count). The first-order valence-electron chi connectivity index (χ1n) is 5.32. The van der Waals surface area contributed by atoms with E-state index in [2.05, 4.69) is 20.8 Å². The Morgan fingerprint density at radius 2 is 2.06 bits per heavy atom. The number of nitrogens with one attached hydrogen (secondary N) is 1. The summed E-state index contributed by atoms with van der Waals surface area (Å²) in [5.41, 5.74) is 7.29. The van der Waals surface area contributed by atoms with Gasteiger partial charge in [-0.2, -0.15) is 0 Å². The van der Waals surface area contributed by atoms with Crippen molar-refractivity contribution >= 4 is 38.3 Å². The van der Waals surface area contributed by atoms with Crippen LogP contribution < -0.4 is 10.6 Å². The zero-order chi connectivity index (χ0) is 12.4. The van der Waals surface area contributed by atoms with E-state index >= 15 is 0 Å². The van der Waals surface area contributed by atoms with Gasteiger partial charge in [-0.05, 0) is 28.1 Å². The number of anilines is 1. The molecule has 0 saturated carbocycles. The Kier molecular flexibility index (Phi) is 3.83. The number of nitrogens with two attached hydrogens (primary N) is 1. The maximum absolute atomic E-state index is 11.3. The standard InChI is InChI=1S/C11H14BrN3OS/c12-8-2-1-3-9(10(8)11(13)14)15-4-6-17(16)7-5-15/h1-3H,4-7H2,(H3,13,14). The second kappa shape index (κ2) is 5.18. The predicted molar refractivity (Wildman–Crippen MR) is 75.2 cm³/mol. The number of amidine groups is 1. The van der Waals surface area contributed by atoms with Crippen LogP contribution in [-0.2, 0) is 10.8 Å². The van der Waals surface area contributed by atoms with Crippen molar-refractivity contribution in [3.63, 3.8) is 0 Å². The van der Waals surface area contributed by atoms with E-state index in [9.17, 15) is 4.21 Å². The van der Waals surface area contributed by atoms with Gasteiger partial charge in [-0.15, -0.1) is 0 Å². The zero-order valence-electron chi connectivity index (χ0n) is 9.28. The van der Waals surface area contributed by atoms with E-state index in [-0.39, 0.29) is 5.84 Å². The Morgan fingerprint density at radius 1 is 1.41 bits per heavy atom. The molecule has 92 valence electrons. The topological polar surface area (TPSA) is 70.2 Å². The fraction of sp³-hybridized carbons (Fsp3) is 0.364. The van der Waals surface area contributed by atoms with Crippen LogP contribution in [0.3, 0.4) is 0 Å². The summed E-state index contributed by atoms with van der Waals surface area (Å²) >= 11 is 3.42. The first-order chi connectivity index (χ1) is 8.09. The molecule has 0 atom stereocenters. The minimum atomic E-state index is -0.696. The summed E-state index contributed by atoms with van der Waals surface area (Å²) in [4.78, 5) is 2.14. The maximum atomic E-state index is 11.3. The number of benzene rings is 1. The number of halogens is 1. The molecule has 0 aromatic heterocycles. The van der Waals surface area contributed by atoms with Gasteiger partial charge in [-0.3, -0.25) is 9.62 Å². The summed E-state index contributed by atoms with van der Waals surface area (Å²) in [7, 11) is -0.696. The summed E-state index contributed by atoms with van der Waals surface area (Å²) < 4.78 is 12.2. The van der Waals surface area contributed by atoms with Crippen LogP contribution >= 0.6 is 15.9 Å². The predicted octanol–water partition coefficient (Wildman–Crippen LogP) is 1.30. The van der Waals surface area contributed by atoms with Gasteiger partial charge < -0.3 is 10.6 Å². The van der Waals surface area contributed by atoms with Gasteiger partial charge in [0.25, 0.3) is 0 Å². The van der Waals surface area contributed by atoms with Gasteiger partial charge in [0.2, 0.25) is 0 Å². The van der Waals surface area contributed by atoms with Crippen LogP contribution in [0.1, 0.15) is 5.56 Å². The minimum Gasteiger partial charge on any atom is -0.384 e. The molecule has 6 heteroatoms. The number of nitrogens with zero attached hydrogens (tertiary/aromatic N) is 1. The molecule has 0 unspecified atom stereocenters. The van der Waals surface area contributed by atoms with Crippen LogP contribution in [0.5, 0.6) is 0 Å². The lowest BCUT2D eigenvalue weighted by molar-refractivity contribution is 0.673. The van der Waals surface area contributed by atoms with Crippen LogP contribution in [0, 0.1) is 5.41 Å². The summed E-state index contributed by atoms with van der Waals surface area (Å²) in [5.74, 6) is 1.42. The highest BCUT2D eigenvalue weighted by atomic mass is 79.9. The second-order valence-corrected chi connectivity index (χ2v) is 6.43. The molecule has 1 aromatic rings. The third-order valence-corrected chi connectivity index (χ3v) is 4.72. The largest absolute Gasteiger partial charge is 0.384 e. The monoisotopic (exact) mass is 315 g/mol. The molecule has 1 aliphatic heterocycles. The highest BCUT2D eigenvalue weighted by Gasteiger charge is 2.20. The third kappa shape index (κ3) is 2.69. The van der Waals surface area contributed by atoms with Crippen molar-refractivity contribution < 1.29 is 4.21 Å². The fourth-order valence-corrected chi connectivity index (χ4v) is 3.54. The van der Waals surface area contributed by atoms with Crippen molar-refractivity contribution in [3.8, 4) is 0 Å². The van der Waals surface area contributed by atoms with Crippen molar-refractivity contribution in [2.45, 2.75) is 0 Å². The number of hydrogen-bond donors (Lipinski definition) is 2. The number of hydrogen-bond acceptors (Lipinski definition) is 3. The average molecular weight is 316 g/mol. The van der Waals surface area contributed by atoms with E-state index in [1.54, 1.807) is 0 Å². The average Bonchev–Trinajstić information content (AvgIpc) is 2.29. The maximum Gasteiger partial charge on any atom is 0.126 e. The normalized spacial score (nSPS) is 17.1. The molecule has 1 fully saturated rings. The van der Waals surface area contributed by atoms with Gasteiger partial charge >= 0.3 is 0 Å². The lowest BCUT2D eigenvalue weighted by atomic mass is 10.1. The van der Waals surface area contributed by atoms with Crippen molar-refractivity contribution in [3.05, 3.63) is 28.2 Å². The van der Waals surface area contributed by atoms with Gasteiger partial charge in [-0.25, -0.2) is 0 Å². The molecular formula is C11H14BrN3OS. The fourth-order valence-electron chi connectivity index (χ4n) is 1.92. The zero-order valence-corrected chi connectivity index (χ0v) is 11.7. The molecule has 3 N–H and O–H groups in total. The van der Waals surface area contributed by atoms with Crippen LogP contribution in [0.15, 0.2) is 22.7 Å². The van der Waals surface area contributed by atoms with Crippen molar-refractivity contribution in [1.82, 2.24) is 0 Å². The third-order valence-electron chi connectivity index (χ3n) is 2.78.